The predicted octanol–water partition coefficient (Wildman–Crippen LogP) is 3.21. The molecule has 2 aromatic heterocycles. The fourth-order valence-corrected chi connectivity index (χ4v) is 2.72. The van der Waals surface area contributed by atoms with Gasteiger partial charge in [0.25, 0.3) is 0 Å². The van der Waals surface area contributed by atoms with Gasteiger partial charge in [-0.15, -0.1) is 5.10 Å². The van der Waals surface area contributed by atoms with E-state index in [0.717, 1.165) is 31.0 Å². The third-order valence-corrected chi connectivity index (χ3v) is 4.20. The third kappa shape index (κ3) is 3.99. The average Bonchev–Trinajstić information content (AvgIpc) is 3.03. The summed E-state index contributed by atoms with van der Waals surface area (Å²) in [5.41, 5.74) is 1.00. The topological polar surface area (TPSA) is 51.1 Å². The molecule has 0 N–H and O–H groups in total. The predicted molar refractivity (Wildman–Crippen MR) is 90.7 cm³/mol. The molecule has 1 saturated heterocycles. The summed E-state index contributed by atoms with van der Waals surface area (Å²) in [7, 11) is 0. The lowest BCUT2D eigenvalue weighted by Crippen LogP contribution is -2.24. The van der Waals surface area contributed by atoms with Crippen LogP contribution in [0, 0.1) is 11.7 Å². The molecule has 0 saturated carbocycles. The first kappa shape index (κ1) is 16.6. The minimum Gasteiger partial charge on any atom is -0.477 e. The number of anilines is 1. The van der Waals surface area contributed by atoms with Crippen LogP contribution in [0.3, 0.4) is 0 Å². The third-order valence-electron chi connectivity index (χ3n) is 4.20. The van der Waals surface area contributed by atoms with Crippen LogP contribution in [0.4, 0.5) is 10.2 Å². The Morgan fingerprint density at radius 2 is 2.04 bits per heavy atom. The second-order valence-corrected chi connectivity index (χ2v) is 7.25. The molecule has 1 aliphatic heterocycles. The highest BCUT2D eigenvalue weighted by Gasteiger charge is 2.25. The summed E-state index contributed by atoms with van der Waals surface area (Å²) < 4.78 is 18.5. The lowest BCUT2D eigenvalue weighted by atomic mass is 9.92. The van der Waals surface area contributed by atoms with Crippen molar-refractivity contribution in [1.82, 2.24) is 15.2 Å². The summed E-state index contributed by atoms with van der Waals surface area (Å²) >= 11 is 0. The van der Waals surface area contributed by atoms with Crippen molar-refractivity contribution in [2.45, 2.75) is 32.6 Å². The number of pyridine rings is 1. The molecule has 0 amide bonds. The Balaban J connectivity index is 1.54. The van der Waals surface area contributed by atoms with Crippen molar-refractivity contribution in [3.8, 4) is 5.88 Å². The van der Waals surface area contributed by atoms with Gasteiger partial charge in [-0.1, -0.05) is 20.8 Å². The van der Waals surface area contributed by atoms with Gasteiger partial charge in [-0.25, -0.2) is 9.37 Å². The molecule has 0 radical (unpaired) electrons. The van der Waals surface area contributed by atoms with Crippen molar-refractivity contribution >= 4 is 5.82 Å². The lowest BCUT2D eigenvalue weighted by Gasteiger charge is -2.20. The van der Waals surface area contributed by atoms with Gasteiger partial charge in [0.1, 0.15) is 5.82 Å². The van der Waals surface area contributed by atoms with Crippen molar-refractivity contribution in [2.75, 3.05) is 24.6 Å². The summed E-state index contributed by atoms with van der Waals surface area (Å²) in [6, 6.07) is 7.00. The minimum atomic E-state index is -0.355. The van der Waals surface area contributed by atoms with Gasteiger partial charge in [0.05, 0.1) is 18.5 Å². The van der Waals surface area contributed by atoms with Crippen LogP contribution in [0.2, 0.25) is 0 Å². The van der Waals surface area contributed by atoms with Crippen LogP contribution < -0.4 is 9.64 Å². The second-order valence-electron chi connectivity index (χ2n) is 7.25. The number of ether oxygens (including phenoxy) is 1. The maximum atomic E-state index is 12.8. The van der Waals surface area contributed by atoms with Crippen molar-refractivity contribution in [2.24, 2.45) is 5.92 Å². The molecule has 1 aliphatic rings. The zero-order valence-electron chi connectivity index (χ0n) is 14.4. The average molecular weight is 330 g/mol. The Morgan fingerprint density at radius 1 is 1.21 bits per heavy atom. The molecule has 1 unspecified atom stereocenters. The first-order valence-corrected chi connectivity index (χ1v) is 8.25. The molecule has 3 rings (SSSR count). The number of nitrogens with zero attached hydrogens (tertiary/aromatic N) is 4. The Hall–Kier alpha value is -2.24. The number of hydrogen-bond donors (Lipinski definition) is 0. The first-order chi connectivity index (χ1) is 11.4. The van der Waals surface area contributed by atoms with Gasteiger partial charge >= 0.3 is 0 Å². The molecule has 0 bridgehead atoms. The molecule has 3 heterocycles. The fourth-order valence-electron chi connectivity index (χ4n) is 2.72. The number of halogens is 1. The van der Waals surface area contributed by atoms with E-state index < -0.39 is 0 Å². The van der Waals surface area contributed by atoms with E-state index in [-0.39, 0.29) is 11.2 Å². The maximum Gasteiger partial charge on any atom is 0.213 e. The molecule has 128 valence electrons. The molecule has 5 nitrogen and oxygen atoms in total. The lowest BCUT2D eigenvalue weighted by molar-refractivity contribution is 0.251. The SMILES string of the molecule is CC(C)(C)c1ccc(N2CCC(COc3ccc(F)cn3)C2)nn1. The van der Waals surface area contributed by atoms with Gasteiger partial charge in [0.2, 0.25) is 5.88 Å². The van der Waals surface area contributed by atoms with Crippen LogP contribution in [-0.4, -0.2) is 34.9 Å². The second kappa shape index (κ2) is 6.71. The summed E-state index contributed by atoms with van der Waals surface area (Å²) in [4.78, 5) is 6.14. The summed E-state index contributed by atoms with van der Waals surface area (Å²) in [5.74, 6) is 1.42. The zero-order chi connectivity index (χ0) is 17.2. The van der Waals surface area contributed by atoms with Crippen LogP contribution in [0.1, 0.15) is 32.9 Å². The van der Waals surface area contributed by atoms with Gasteiger partial charge < -0.3 is 9.64 Å². The quantitative estimate of drug-likeness (QED) is 0.861. The standard InChI is InChI=1S/C18H23FN4O/c1-18(2,3)15-5-6-16(22-21-15)23-9-8-13(11-23)12-24-17-7-4-14(19)10-20-17/h4-7,10,13H,8-9,11-12H2,1-3H3. The van der Waals surface area contributed by atoms with Crippen LogP contribution >= 0.6 is 0 Å². The molecular weight excluding hydrogens is 307 g/mol. The Labute approximate surface area is 141 Å². The summed E-state index contributed by atoms with van der Waals surface area (Å²) in [6.45, 7) is 8.78. The number of rotatable bonds is 4. The molecule has 24 heavy (non-hydrogen) atoms. The van der Waals surface area contributed by atoms with Crippen LogP contribution in [0.5, 0.6) is 5.88 Å². The summed E-state index contributed by atoms with van der Waals surface area (Å²) in [5, 5.41) is 8.72. The fraction of sp³-hybridized carbons (Fsp3) is 0.500. The van der Waals surface area contributed by atoms with E-state index in [4.69, 9.17) is 4.74 Å². The van der Waals surface area contributed by atoms with E-state index in [9.17, 15) is 4.39 Å². The molecule has 0 spiro atoms. The molecule has 0 aromatic carbocycles. The van der Waals surface area contributed by atoms with Crippen molar-refractivity contribution in [3.05, 3.63) is 42.0 Å². The molecular formula is C18H23FN4O. The van der Waals surface area contributed by atoms with E-state index in [0.29, 0.717) is 18.4 Å². The van der Waals surface area contributed by atoms with E-state index in [1.165, 1.54) is 12.3 Å². The molecule has 0 aliphatic carbocycles. The van der Waals surface area contributed by atoms with Crippen LogP contribution in [0.25, 0.3) is 0 Å². The van der Waals surface area contributed by atoms with Crippen molar-refractivity contribution in [3.63, 3.8) is 0 Å². The molecule has 1 fully saturated rings. The monoisotopic (exact) mass is 330 g/mol. The smallest absolute Gasteiger partial charge is 0.213 e. The van der Waals surface area contributed by atoms with Gasteiger partial charge in [-0.05, 0) is 24.6 Å². The Kier molecular flexibility index (Phi) is 4.64. The van der Waals surface area contributed by atoms with Crippen molar-refractivity contribution in [1.29, 1.82) is 0 Å². The molecule has 1 atom stereocenters. The number of hydrogen-bond acceptors (Lipinski definition) is 5. The van der Waals surface area contributed by atoms with Gasteiger partial charge in [-0.3, -0.25) is 0 Å². The first-order valence-electron chi connectivity index (χ1n) is 8.25. The minimum absolute atomic E-state index is 0.00900. The van der Waals surface area contributed by atoms with Crippen molar-refractivity contribution < 1.29 is 9.13 Å². The zero-order valence-corrected chi connectivity index (χ0v) is 14.4. The molecule has 6 heteroatoms. The maximum absolute atomic E-state index is 12.8. The van der Waals surface area contributed by atoms with Gasteiger partial charge in [0.15, 0.2) is 5.82 Å². The summed E-state index contributed by atoms with van der Waals surface area (Å²) in [6.07, 6.45) is 2.20. The number of aromatic nitrogens is 3. The highest BCUT2D eigenvalue weighted by molar-refractivity contribution is 5.39. The normalized spacial score (nSPS) is 18.0. The molecule has 2 aromatic rings. The van der Waals surface area contributed by atoms with Crippen LogP contribution in [0.15, 0.2) is 30.5 Å². The van der Waals surface area contributed by atoms with E-state index in [2.05, 4.69) is 46.9 Å². The van der Waals surface area contributed by atoms with E-state index in [1.807, 2.05) is 6.07 Å². The highest BCUT2D eigenvalue weighted by atomic mass is 19.1. The Bertz CT molecular complexity index is 667. The van der Waals surface area contributed by atoms with Crippen LogP contribution in [-0.2, 0) is 5.41 Å². The van der Waals surface area contributed by atoms with E-state index >= 15 is 0 Å². The van der Waals surface area contributed by atoms with Gasteiger partial charge in [-0.2, -0.15) is 5.10 Å². The largest absolute Gasteiger partial charge is 0.477 e. The van der Waals surface area contributed by atoms with Gasteiger partial charge in [0, 0.05) is 30.5 Å². The Morgan fingerprint density at radius 3 is 2.67 bits per heavy atom. The highest BCUT2D eigenvalue weighted by Crippen LogP contribution is 2.25. The van der Waals surface area contributed by atoms with E-state index in [1.54, 1.807) is 6.07 Å².